The van der Waals surface area contributed by atoms with Crippen molar-refractivity contribution in [2.24, 2.45) is 5.41 Å². The number of nitrogens with zero attached hydrogens (tertiary/aromatic N) is 1. The molecule has 1 aromatic heterocycles. The SMILES string of the molecule is CC(CCC(C)(C)[C@H](C)O)c1cccnc1. The molecule has 2 heteroatoms. The number of aromatic nitrogens is 1. The van der Waals surface area contributed by atoms with Crippen molar-refractivity contribution in [3.05, 3.63) is 30.1 Å². The lowest BCUT2D eigenvalue weighted by Gasteiger charge is -2.29. The third-order valence-electron chi connectivity index (χ3n) is 3.61. The minimum Gasteiger partial charge on any atom is -0.393 e. The van der Waals surface area contributed by atoms with Gasteiger partial charge in [0.1, 0.15) is 0 Å². The van der Waals surface area contributed by atoms with Crippen LogP contribution in [-0.2, 0) is 0 Å². The maximum atomic E-state index is 9.65. The van der Waals surface area contributed by atoms with Crippen molar-refractivity contribution >= 4 is 0 Å². The topological polar surface area (TPSA) is 33.1 Å². The van der Waals surface area contributed by atoms with Crippen molar-refractivity contribution in [2.75, 3.05) is 0 Å². The zero-order valence-corrected chi connectivity index (χ0v) is 10.8. The van der Waals surface area contributed by atoms with Crippen LogP contribution >= 0.6 is 0 Å². The molecule has 0 aromatic carbocycles. The standard InChI is InChI=1S/C14H23NO/c1-11(13-6-5-9-15-10-13)7-8-14(3,4)12(2)16/h5-6,9-12,16H,7-8H2,1-4H3/t11?,12-/m0/s1. The Balaban J connectivity index is 2.51. The zero-order valence-electron chi connectivity index (χ0n) is 10.8. The predicted octanol–water partition coefficient (Wildman–Crippen LogP) is 3.37. The average Bonchev–Trinajstić information content (AvgIpc) is 2.27. The summed E-state index contributed by atoms with van der Waals surface area (Å²) in [6, 6.07) is 4.10. The van der Waals surface area contributed by atoms with E-state index in [4.69, 9.17) is 0 Å². The van der Waals surface area contributed by atoms with Crippen LogP contribution in [0.25, 0.3) is 0 Å². The summed E-state index contributed by atoms with van der Waals surface area (Å²) in [7, 11) is 0. The van der Waals surface area contributed by atoms with Crippen LogP contribution in [0.15, 0.2) is 24.5 Å². The van der Waals surface area contributed by atoms with Crippen LogP contribution in [0.2, 0.25) is 0 Å². The minimum absolute atomic E-state index is 0.00350. The molecule has 1 N–H and O–H groups in total. The van der Waals surface area contributed by atoms with Gasteiger partial charge in [-0.3, -0.25) is 4.98 Å². The molecular weight excluding hydrogens is 198 g/mol. The Morgan fingerprint density at radius 1 is 1.38 bits per heavy atom. The van der Waals surface area contributed by atoms with Crippen molar-refractivity contribution in [3.63, 3.8) is 0 Å². The highest BCUT2D eigenvalue weighted by Crippen LogP contribution is 2.31. The summed E-state index contributed by atoms with van der Waals surface area (Å²) < 4.78 is 0. The van der Waals surface area contributed by atoms with Gasteiger partial charge in [-0.1, -0.05) is 26.8 Å². The van der Waals surface area contributed by atoms with Crippen LogP contribution in [-0.4, -0.2) is 16.2 Å². The number of rotatable bonds is 5. The van der Waals surface area contributed by atoms with Crippen molar-refractivity contribution in [3.8, 4) is 0 Å². The first-order valence-electron chi connectivity index (χ1n) is 6.01. The summed E-state index contributed by atoms with van der Waals surface area (Å²) >= 11 is 0. The lowest BCUT2D eigenvalue weighted by Crippen LogP contribution is -2.26. The van der Waals surface area contributed by atoms with Crippen LogP contribution in [0.5, 0.6) is 0 Å². The highest BCUT2D eigenvalue weighted by molar-refractivity contribution is 5.13. The summed E-state index contributed by atoms with van der Waals surface area (Å²) in [4.78, 5) is 4.14. The molecule has 1 heterocycles. The maximum Gasteiger partial charge on any atom is 0.0563 e. The van der Waals surface area contributed by atoms with Crippen LogP contribution in [0.4, 0.5) is 0 Å². The van der Waals surface area contributed by atoms with Gasteiger partial charge in [0, 0.05) is 12.4 Å². The molecule has 1 unspecified atom stereocenters. The van der Waals surface area contributed by atoms with Gasteiger partial charge in [0.15, 0.2) is 0 Å². The summed E-state index contributed by atoms with van der Waals surface area (Å²) in [6.45, 7) is 8.32. The molecule has 16 heavy (non-hydrogen) atoms. The Labute approximate surface area is 98.7 Å². The summed E-state index contributed by atoms with van der Waals surface area (Å²) in [5, 5.41) is 9.65. The van der Waals surface area contributed by atoms with Crippen molar-refractivity contribution in [2.45, 2.75) is 52.6 Å². The zero-order chi connectivity index (χ0) is 12.2. The Hall–Kier alpha value is -0.890. The molecule has 0 aliphatic rings. The van der Waals surface area contributed by atoms with Crippen molar-refractivity contribution < 1.29 is 5.11 Å². The average molecular weight is 221 g/mol. The number of aliphatic hydroxyl groups is 1. The van der Waals surface area contributed by atoms with Gasteiger partial charge in [0.25, 0.3) is 0 Å². The normalized spacial score (nSPS) is 15.8. The summed E-state index contributed by atoms with van der Waals surface area (Å²) in [6.07, 6.45) is 5.59. The quantitative estimate of drug-likeness (QED) is 0.827. The molecule has 0 bridgehead atoms. The van der Waals surface area contributed by atoms with Gasteiger partial charge < -0.3 is 5.11 Å². The Morgan fingerprint density at radius 2 is 2.06 bits per heavy atom. The lowest BCUT2D eigenvalue weighted by molar-refractivity contribution is 0.0570. The largest absolute Gasteiger partial charge is 0.393 e. The molecule has 90 valence electrons. The van der Waals surface area contributed by atoms with E-state index in [1.165, 1.54) is 5.56 Å². The number of hydrogen-bond donors (Lipinski definition) is 1. The highest BCUT2D eigenvalue weighted by Gasteiger charge is 2.24. The van der Waals surface area contributed by atoms with Gasteiger partial charge in [-0.15, -0.1) is 0 Å². The molecule has 0 amide bonds. The first-order chi connectivity index (χ1) is 7.43. The minimum atomic E-state index is -0.256. The van der Waals surface area contributed by atoms with E-state index < -0.39 is 0 Å². The predicted molar refractivity (Wildman–Crippen MR) is 67.3 cm³/mol. The molecule has 0 radical (unpaired) electrons. The molecule has 0 saturated carbocycles. The van der Waals surface area contributed by atoms with Gasteiger partial charge in [-0.05, 0) is 42.7 Å². The Bertz CT molecular complexity index is 306. The second-order valence-electron chi connectivity index (χ2n) is 5.39. The van der Waals surface area contributed by atoms with Crippen LogP contribution < -0.4 is 0 Å². The van der Waals surface area contributed by atoms with E-state index in [2.05, 4.69) is 31.8 Å². The first kappa shape index (κ1) is 13.2. The van der Waals surface area contributed by atoms with Gasteiger partial charge in [-0.25, -0.2) is 0 Å². The summed E-state index contributed by atoms with van der Waals surface area (Å²) in [5.74, 6) is 0.506. The van der Waals surface area contributed by atoms with Gasteiger partial charge in [-0.2, -0.15) is 0 Å². The van der Waals surface area contributed by atoms with Gasteiger partial charge >= 0.3 is 0 Å². The molecule has 0 spiro atoms. The Kier molecular flexibility index (Phi) is 4.48. The van der Waals surface area contributed by atoms with Crippen molar-refractivity contribution in [1.29, 1.82) is 0 Å². The molecule has 2 atom stereocenters. The number of hydrogen-bond acceptors (Lipinski definition) is 2. The molecule has 0 saturated heterocycles. The lowest BCUT2D eigenvalue weighted by atomic mass is 9.80. The smallest absolute Gasteiger partial charge is 0.0563 e. The number of pyridine rings is 1. The first-order valence-corrected chi connectivity index (χ1v) is 6.01. The van der Waals surface area contributed by atoms with E-state index >= 15 is 0 Å². The van der Waals surface area contributed by atoms with E-state index in [0.29, 0.717) is 5.92 Å². The fourth-order valence-electron chi connectivity index (χ4n) is 1.63. The third-order valence-corrected chi connectivity index (χ3v) is 3.61. The Morgan fingerprint density at radius 3 is 2.56 bits per heavy atom. The molecule has 1 rings (SSSR count). The van der Waals surface area contributed by atoms with E-state index in [-0.39, 0.29) is 11.5 Å². The van der Waals surface area contributed by atoms with Crippen LogP contribution in [0.1, 0.15) is 52.0 Å². The second kappa shape index (κ2) is 5.44. The maximum absolute atomic E-state index is 9.65. The monoisotopic (exact) mass is 221 g/mol. The number of aliphatic hydroxyl groups excluding tert-OH is 1. The molecular formula is C14H23NO. The van der Waals surface area contributed by atoms with E-state index in [1.54, 1.807) is 6.20 Å². The van der Waals surface area contributed by atoms with E-state index in [1.807, 2.05) is 19.2 Å². The van der Waals surface area contributed by atoms with Gasteiger partial charge in [0.2, 0.25) is 0 Å². The molecule has 0 fully saturated rings. The fraction of sp³-hybridized carbons (Fsp3) is 0.643. The highest BCUT2D eigenvalue weighted by atomic mass is 16.3. The van der Waals surface area contributed by atoms with Crippen molar-refractivity contribution in [1.82, 2.24) is 4.98 Å². The second-order valence-corrected chi connectivity index (χ2v) is 5.39. The van der Waals surface area contributed by atoms with E-state index in [9.17, 15) is 5.11 Å². The molecule has 0 aliphatic carbocycles. The fourth-order valence-corrected chi connectivity index (χ4v) is 1.63. The summed E-state index contributed by atoms with van der Waals surface area (Å²) in [5.41, 5.74) is 1.28. The molecule has 1 aromatic rings. The van der Waals surface area contributed by atoms with E-state index in [0.717, 1.165) is 12.8 Å². The van der Waals surface area contributed by atoms with Crippen LogP contribution in [0.3, 0.4) is 0 Å². The third kappa shape index (κ3) is 3.60. The van der Waals surface area contributed by atoms with Crippen LogP contribution in [0, 0.1) is 5.41 Å². The molecule has 0 aliphatic heterocycles. The molecule has 2 nitrogen and oxygen atoms in total. The van der Waals surface area contributed by atoms with Gasteiger partial charge in [0.05, 0.1) is 6.10 Å².